The molecule has 210 valence electrons. The van der Waals surface area contributed by atoms with E-state index in [0.717, 1.165) is 53.1 Å². The SMILES string of the molecule is Cc1cc(CNC(=O)CCC2CCN(C(=O)O)CC2)ccc1C(=O)N1Cc2cnn(C)c2Nc2cc(Cl)ccc21. The summed E-state index contributed by atoms with van der Waals surface area (Å²) in [6.07, 6.45) is 3.63. The van der Waals surface area contributed by atoms with E-state index in [2.05, 4.69) is 15.7 Å². The Kier molecular flexibility index (Phi) is 7.97. The molecule has 40 heavy (non-hydrogen) atoms. The minimum atomic E-state index is -0.875. The zero-order valence-corrected chi connectivity index (χ0v) is 23.4. The molecule has 2 aromatic carbocycles. The van der Waals surface area contributed by atoms with Gasteiger partial charge in [-0.15, -0.1) is 0 Å². The van der Waals surface area contributed by atoms with Gasteiger partial charge in [-0.05, 0) is 67.5 Å². The summed E-state index contributed by atoms with van der Waals surface area (Å²) in [6.45, 7) is 3.69. The molecular formula is C29H33ClN6O4. The number of aryl methyl sites for hydroxylation is 2. The minimum Gasteiger partial charge on any atom is -0.465 e. The van der Waals surface area contributed by atoms with Crippen LogP contribution in [0.25, 0.3) is 0 Å². The fourth-order valence-corrected chi connectivity index (χ4v) is 5.60. The summed E-state index contributed by atoms with van der Waals surface area (Å²) < 4.78 is 1.74. The molecule has 3 N–H and O–H groups in total. The predicted octanol–water partition coefficient (Wildman–Crippen LogP) is 5.07. The van der Waals surface area contributed by atoms with Crippen LogP contribution in [0.5, 0.6) is 0 Å². The van der Waals surface area contributed by atoms with Crippen LogP contribution in [0.3, 0.4) is 0 Å². The fraction of sp³-hybridized carbons (Fsp3) is 0.379. The fourth-order valence-electron chi connectivity index (χ4n) is 5.43. The van der Waals surface area contributed by atoms with Crippen molar-refractivity contribution in [1.29, 1.82) is 0 Å². The molecule has 0 radical (unpaired) electrons. The van der Waals surface area contributed by atoms with Gasteiger partial charge in [0.2, 0.25) is 5.91 Å². The lowest BCUT2D eigenvalue weighted by Gasteiger charge is -2.29. The van der Waals surface area contributed by atoms with E-state index in [1.54, 1.807) is 27.9 Å². The molecule has 0 aliphatic carbocycles. The molecule has 3 amide bonds. The number of nitrogens with zero attached hydrogens (tertiary/aromatic N) is 4. The smallest absolute Gasteiger partial charge is 0.407 e. The number of carbonyl (C=O) groups excluding carboxylic acids is 2. The van der Waals surface area contributed by atoms with Gasteiger partial charge in [0.15, 0.2) is 0 Å². The zero-order valence-electron chi connectivity index (χ0n) is 22.6. The second kappa shape index (κ2) is 11.6. The highest BCUT2D eigenvalue weighted by molar-refractivity contribution is 6.31. The third kappa shape index (κ3) is 5.91. The van der Waals surface area contributed by atoms with E-state index in [9.17, 15) is 14.4 Å². The van der Waals surface area contributed by atoms with Crippen molar-refractivity contribution in [3.8, 4) is 0 Å². The quantitative estimate of drug-likeness (QED) is 0.384. The molecule has 0 spiro atoms. The van der Waals surface area contributed by atoms with Gasteiger partial charge in [0.05, 0.1) is 24.1 Å². The summed E-state index contributed by atoms with van der Waals surface area (Å²) in [4.78, 5) is 40.5. The van der Waals surface area contributed by atoms with E-state index in [1.807, 2.05) is 38.2 Å². The van der Waals surface area contributed by atoms with E-state index in [4.69, 9.17) is 16.7 Å². The third-order valence-corrected chi connectivity index (χ3v) is 8.00. The van der Waals surface area contributed by atoms with Crippen LogP contribution >= 0.6 is 11.6 Å². The summed E-state index contributed by atoms with van der Waals surface area (Å²) in [5, 5.41) is 20.3. The average molecular weight is 565 g/mol. The number of piperidine rings is 1. The maximum Gasteiger partial charge on any atom is 0.407 e. The van der Waals surface area contributed by atoms with Crippen molar-refractivity contribution in [2.75, 3.05) is 23.3 Å². The van der Waals surface area contributed by atoms with Crippen molar-refractivity contribution in [2.45, 2.75) is 45.7 Å². The van der Waals surface area contributed by atoms with Gasteiger partial charge in [-0.2, -0.15) is 5.10 Å². The number of benzene rings is 2. The van der Waals surface area contributed by atoms with Gasteiger partial charge in [-0.1, -0.05) is 23.7 Å². The molecule has 2 aliphatic heterocycles. The molecular weight excluding hydrogens is 532 g/mol. The first-order valence-electron chi connectivity index (χ1n) is 13.4. The van der Waals surface area contributed by atoms with Gasteiger partial charge >= 0.3 is 6.09 Å². The van der Waals surface area contributed by atoms with Gasteiger partial charge in [-0.3, -0.25) is 14.3 Å². The zero-order chi connectivity index (χ0) is 28.4. The summed E-state index contributed by atoms with van der Waals surface area (Å²) in [7, 11) is 1.85. The van der Waals surface area contributed by atoms with Crippen molar-refractivity contribution < 1.29 is 19.5 Å². The number of carboxylic acid groups (broad SMARTS) is 1. The van der Waals surface area contributed by atoms with E-state index in [0.29, 0.717) is 49.1 Å². The molecule has 10 nitrogen and oxygen atoms in total. The molecule has 11 heteroatoms. The number of rotatable bonds is 6. The number of carbonyl (C=O) groups is 3. The Bertz CT molecular complexity index is 1450. The maximum atomic E-state index is 13.8. The topological polar surface area (TPSA) is 120 Å². The van der Waals surface area contributed by atoms with E-state index in [-0.39, 0.29) is 11.8 Å². The number of fused-ring (bicyclic) bond motifs is 2. The Morgan fingerprint density at radius 3 is 2.65 bits per heavy atom. The number of amides is 3. The Labute approximate surface area is 237 Å². The number of halogens is 1. The highest BCUT2D eigenvalue weighted by Gasteiger charge is 2.28. The first-order valence-corrected chi connectivity index (χ1v) is 13.8. The summed E-state index contributed by atoms with van der Waals surface area (Å²) in [5.41, 5.74) is 4.67. The predicted molar refractivity (Wildman–Crippen MR) is 153 cm³/mol. The van der Waals surface area contributed by atoms with Gasteiger partial charge in [0.1, 0.15) is 5.82 Å². The van der Waals surface area contributed by atoms with Crippen LogP contribution in [0.1, 0.15) is 52.7 Å². The van der Waals surface area contributed by atoms with Gasteiger partial charge < -0.3 is 25.5 Å². The van der Waals surface area contributed by atoms with Crippen molar-refractivity contribution in [2.24, 2.45) is 13.0 Å². The second-order valence-electron chi connectivity index (χ2n) is 10.5. The lowest BCUT2D eigenvalue weighted by molar-refractivity contribution is -0.121. The summed E-state index contributed by atoms with van der Waals surface area (Å²) in [6, 6.07) is 11.0. The molecule has 3 heterocycles. The lowest BCUT2D eigenvalue weighted by Crippen LogP contribution is -2.37. The van der Waals surface area contributed by atoms with Crippen molar-refractivity contribution in [1.82, 2.24) is 20.0 Å². The molecule has 2 aliphatic rings. The van der Waals surface area contributed by atoms with E-state index < -0.39 is 6.09 Å². The van der Waals surface area contributed by atoms with Crippen LogP contribution in [0.2, 0.25) is 5.02 Å². The molecule has 1 fully saturated rings. The van der Waals surface area contributed by atoms with Crippen LogP contribution in [0.4, 0.5) is 22.0 Å². The highest BCUT2D eigenvalue weighted by Crippen LogP contribution is 2.38. The molecule has 0 atom stereocenters. The third-order valence-electron chi connectivity index (χ3n) is 7.77. The first-order chi connectivity index (χ1) is 19.2. The van der Waals surface area contributed by atoms with Crippen LogP contribution in [-0.2, 0) is 24.9 Å². The standard InChI is InChI=1S/C29H33ClN6O4/c1-18-13-20(15-31-26(37)8-4-19-9-11-35(12-10-19)29(39)40)3-6-23(18)28(38)36-17-21-16-32-34(2)27(21)33-24-14-22(30)5-7-25(24)36/h3,5-7,13-14,16,19,33H,4,8-12,15,17H2,1-2H3,(H,31,37)(H,39,40). The molecule has 1 saturated heterocycles. The molecule has 1 aromatic heterocycles. The monoisotopic (exact) mass is 564 g/mol. The summed E-state index contributed by atoms with van der Waals surface area (Å²) in [5.74, 6) is 1.02. The lowest BCUT2D eigenvalue weighted by atomic mass is 9.92. The van der Waals surface area contributed by atoms with E-state index >= 15 is 0 Å². The van der Waals surface area contributed by atoms with Crippen molar-refractivity contribution in [3.63, 3.8) is 0 Å². The molecule has 0 unspecified atom stereocenters. The van der Waals surface area contributed by atoms with Crippen LogP contribution in [0, 0.1) is 12.8 Å². The first kappa shape index (κ1) is 27.5. The van der Waals surface area contributed by atoms with Crippen molar-refractivity contribution >= 4 is 46.7 Å². The normalized spacial score (nSPS) is 15.1. The number of aromatic nitrogens is 2. The largest absolute Gasteiger partial charge is 0.465 e. The minimum absolute atomic E-state index is 0.0296. The Balaban J connectivity index is 1.22. The van der Waals surface area contributed by atoms with Crippen LogP contribution in [-0.4, -0.2) is 50.8 Å². The van der Waals surface area contributed by atoms with Gasteiger partial charge in [-0.25, -0.2) is 4.79 Å². The van der Waals surface area contributed by atoms with E-state index in [1.165, 1.54) is 4.90 Å². The van der Waals surface area contributed by atoms with Gasteiger partial charge in [0, 0.05) is 49.3 Å². The molecule has 3 aromatic rings. The number of anilines is 3. The number of nitrogens with one attached hydrogen (secondary N) is 2. The van der Waals surface area contributed by atoms with Crippen LogP contribution < -0.4 is 15.5 Å². The number of likely N-dealkylation sites (tertiary alicyclic amines) is 1. The number of hydrogen-bond acceptors (Lipinski definition) is 5. The molecule has 5 rings (SSSR count). The highest BCUT2D eigenvalue weighted by atomic mass is 35.5. The Morgan fingerprint density at radius 1 is 1.15 bits per heavy atom. The van der Waals surface area contributed by atoms with Gasteiger partial charge in [0.25, 0.3) is 5.91 Å². The summed E-state index contributed by atoms with van der Waals surface area (Å²) >= 11 is 6.27. The Hall–Kier alpha value is -4.05. The second-order valence-corrected chi connectivity index (χ2v) is 10.9. The average Bonchev–Trinajstić information content (AvgIpc) is 3.18. The number of hydrogen-bond donors (Lipinski definition) is 3. The van der Waals surface area contributed by atoms with Crippen molar-refractivity contribution in [3.05, 3.63) is 69.9 Å². The molecule has 0 bridgehead atoms. The van der Waals surface area contributed by atoms with Crippen LogP contribution in [0.15, 0.2) is 42.6 Å². The Morgan fingerprint density at radius 2 is 1.93 bits per heavy atom. The maximum absolute atomic E-state index is 13.8. The molecule has 0 saturated carbocycles.